The SMILES string of the molecule is CNC(=O)c1c(-c2ccsc2)nc2c(C(=O)N3CCC(c4ccncc4)C3)cccn12. The van der Waals surface area contributed by atoms with E-state index in [0.717, 1.165) is 12.0 Å². The van der Waals surface area contributed by atoms with E-state index in [1.54, 1.807) is 53.5 Å². The van der Waals surface area contributed by atoms with Crippen molar-refractivity contribution in [1.82, 2.24) is 24.6 Å². The fourth-order valence-electron chi connectivity index (χ4n) is 4.19. The van der Waals surface area contributed by atoms with E-state index in [4.69, 9.17) is 4.98 Å². The summed E-state index contributed by atoms with van der Waals surface area (Å²) in [6, 6.07) is 9.53. The maximum Gasteiger partial charge on any atom is 0.270 e. The number of nitrogens with zero attached hydrogens (tertiary/aromatic N) is 4. The highest BCUT2D eigenvalue weighted by atomic mass is 32.1. The van der Waals surface area contributed by atoms with Crippen LogP contribution in [0.2, 0.25) is 0 Å². The third kappa shape index (κ3) is 3.38. The number of nitrogens with one attached hydrogen (secondary N) is 1. The van der Waals surface area contributed by atoms with Crippen LogP contribution in [-0.4, -0.2) is 51.2 Å². The van der Waals surface area contributed by atoms with E-state index in [1.165, 1.54) is 5.56 Å². The van der Waals surface area contributed by atoms with Crippen molar-refractivity contribution in [1.29, 1.82) is 0 Å². The molecule has 1 saturated heterocycles. The molecule has 0 spiro atoms. The molecule has 7 nitrogen and oxygen atoms in total. The van der Waals surface area contributed by atoms with E-state index in [1.807, 2.05) is 33.9 Å². The van der Waals surface area contributed by atoms with Gasteiger partial charge in [0.1, 0.15) is 11.4 Å². The molecule has 1 unspecified atom stereocenters. The number of carbonyl (C=O) groups excluding carboxylic acids is 2. The number of rotatable bonds is 4. The third-order valence-electron chi connectivity index (χ3n) is 5.77. The molecule has 1 aliphatic heterocycles. The summed E-state index contributed by atoms with van der Waals surface area (Å²) in [5.41, 5.74) is 4.08. The molecule has 0 aromatic carbocycles. The maximum absolute atomic E-state index is 13.4. The fourth-order valence-corrected chi connectivity index (χ4v) is 4.83. The van der Waals surface area contributed by atoms with Gasteiger partial charge in [-0.15, -0.1) is 0 Å². The van der Waals surface area contributed by atoms with Gasteiger partial charge in [-0.1, -0.05) is 0 Å². The van der Waals surface area contributed by atoms with Crippen LogP contribution in [0.3, 0.4) is 0 Å². The number of amides is 2. The molecule has 5 rings (SSSR count). The lowest BCUT2D eigenvalue weighted by atomic mass is 10.00. The lowest BCUT2D eigenvalue weighted by molar-refractivity contribution is 0.0791. The summed E-state index contributed by atoms with van der Waals surface area (Å²) in [4.78, 5) is 36.8. The zero-order valence-corrected chi connectivity index (χ0v) is 17.8. The lowest BCUT2D eigenvalue weighted by Crippen LogP contribution is -2.29. The highest BCUT2D eigenvalue weighted by molar-refractivity contribution is 7.08. The zero-order valence-electron chi connectivity index (χ0n) is 17.0. The minimum atomic E-state index is -0.239. The second-order valence-corrected chi connectivity index (χ2v) is 8.31. The highest BCUT2D eigenvalue weighted by Gasteiger charge is 2.30. The first-order valence-corrected chi connectivity index (χ1v) is 11.1. The average Bonchev–Trinajstić information content (AvgIpc) is 3.57. The quantitative estimate of drug-likeness (QED) is 0.537. The Bertz CT molecular complexity index is 1250. The van der Waals surface area contributed by atoms with Crippen LogP contribution in [0.1, 0.15) is 38.7 Å². The van der Waals surface area contributed by atoms with Gasteiger partial charge >= 0.3 is 0 Å². The van der Waals surface area contributed by atoms with Crippen LogP contribution in [0.15, 0.2) is 59.7 Å². The summed E-state index contributed by atoms with van der Waals surface area (Å²) < 4.78 is 1.72. The van der Waals surface area contributed by atoms with Crippen molar-refractivity contribution >= 4 is 28.8 Å². The monoisotopic (exact) mass is 431 g/mol. The molecular weight excluding hydrogens is 410 g/mol. The number of hydrogen-bond donors (Lipinski definition) is 1. The lowest BCUT2D eigenvalue weighted by Gasteiger charge is -2.17. The van der Waals surface area contributed by atoms with Gasteiger partial charge < -0.3 is 10.2 Å². The van der Waals surface area contributed by atoms with Gasteiger partial charge in [-0.25, -0.2) is 4.98 Å². The normalized spacial score (nSPS) is 16.0. The van der Waals surface area contributed by atoms with Crippen molar-refractivity contribution in [2.24, 2.45) is 0 Å². The van der Waals surface area contributed by atoms with Crippen molar-refractivity contribution in [2.75, 3.05) is 20.1 Å². The van der Waals surface area contributed by atoms with Crippen molar-refractivity contribution in [3.63, 3.8) is 0 Å². The molecule has 1 aliphatic rings. The smallest absolute Gasteiger partial charge is 0.270 e. The number of thiophene rings is 1. The molecule has 1 N–H and O–H groups in total. The van der Waals surface area contributed by atoms with Crippen molar-refractivity contribution in [2.45, 2.75) is 12.3 Å². The summed E-state index contributed by atoms with van der Waals surface area (Å²) in [6.07, 6.45) is 6.27. The molecule has 4 aromatic rings. The number of carbonyl (C=O) groups is 2. The number of hydrogen-bond acceptors (Lipinski definition) is 5. The van der Waals surface area contributed by atoms with Crippen LogP contribution in [-0.2, 0) is 0 Å². The Labute approximate surface area is 183 Å². The first-order valence-electron chi connectivity index (χ1n) is 10.1. The fraction of sp³-hybridized carbons (Fsp3) is 0.217. The van der Waals surface area contributed by atoms with E-state index in [-0.39, 0.29) is 11.8 Å². The molecule has 8 heteroatoms. The standard InChI is InChI=1S/C23H21N5O2S/c1-24-22(29)20-19(17-7-12-31-14-17)26-21-18(3-2-10-28(20)21)23(30)27-11-6-16(13-27)15-4-8-25-9-5-15/h2-5,7-10,12,14,16H,6,11,13H2,1H3,(H,24,29). The molecule has 1 fully saturated rings. The minimum absolute atomic E-state index is 0.0625. The van der Waals surface area contributed by atoms with Gasteiger partial charge in [0.15, 0.2) is 5.65 Å². The largest absolute Gasteiger partial charge is 0.354 e. The Kier molecular flexibility index (Phi) is 4.99. The van der Waals surface area contributed by atoms with Gasteiger partial charge in [0.25, 0.3) is 11.8 Å². The Morgan fingerprint density at radius 1 is 1.19 bits per heavy atom. The Balaban J connectivity index is 1.53. The van der Waals surface area contributed by atoms with Gasteiger partial charge in [0, 0.05) is 55.6 Å². The van der Waals surface area contributed by atoms with Crippen molar-refractivity contribution < 1.29 is 9.59 Å². The molecule has 1 atom stereocenters. The molecule has 2 amide bonds. The van der Waals surface area contributed by atoms with Gasteiger partial charge in [0.2, 0.25) is 0 Å². The number of pyridine rings is 2. The summed E-state index contributed by atoms with van der Waals surface area (Å²) in [7, 11) is 1.59. The average molecular weight is 432 g/mol. The number of aromatic nitrogens is 3. The predicted octanol–water partition coefficient (Wildman–Crippen LogP) is 3.45. The molecule has 5 heterocycles. The summed E-state index contributed by atoms with van der Waals surface area (Å²) in [6.45, 7) is 1.34. The van der Waals surface area contributed by atoms with Gasteiger partial charge in [0.05, 0.1) is 5.56 Å². The second kappa shape index (κ2) is 7.96. The van der Waals surface area contributed by atoms with Crippen LogP contribution in [0.4, 0.5) is 0 Å². The molecule has 0 aliphatic carbocycles. The Hall–Kier alpha value is -3.52. The van der Waals surface area contributed by atoms with Crippen LogP contribution in [0.5, 0.6) is 0 Å². The van der Waals surface area contributed by atoms with Crippen LogP contribution < -0.4 is 5.32 Å². The maximum atomic E-state index is 13.4. The molecule has 0 radical (unpaired) electrons. The third-order valence-corrected chi connectivity index (χ3v) is 6.45. The molecule has 0 bridgehead atoms. The summed E-state index contributed by atoms with van der Waals surface area (Å²) in [5.74, 6) is -0.000992. The van der Waals surface area contributed by atoms with Gasteiger partial charge in [-0.05, 0) is 47.7 Å². The molecule has 4 aromatic heterocycles. The van der Waals surface area contributed by atoms with Crippen molar-refractivity contribution in [3.05, 3.63) is 76.5 Å². The van der Waals surface area contributed by atoms with E-state index >= 15 is 0 Å². The van der Waals surface area contributed by atoms with Gasteiger partial charge in [-0.3, -0.25) is 19.0 Å². The zero-order chi connectivity index (χ0) is 21.4. The Morgan fingerprint density at radius 2 is 2.03 bits per heavy atom. The topological polar surface area (TPSA) is 79.6 Å². The highest BCUT2D eigenvalue weighted by Crippen LogP contribution is 2.31. The minimum Gasteiger partial charge on any atom is -0.354 e. The van der Waals surface area contributed by atoms with Gasteiger partial charge in [-0.2, -0.15) is 11.3 Å². The summed E-state index contributed by atoms with van der Waals surface area (Å²) >= 11 is 1.54. The van der Waals surface area contributed by atoms with Crippen LogP contribution in [0.25, 0.3) is 16.9 Å². The predicted molar refractivity (Wildman–Crippen MR) is 119 cm³/mol. The second-order valence-electron chi connectivity index (χ2n) is 7.53. The van der Waals surface area contributed by atoms with Crippen LogP contribution >= 0.6 is 11.3 Å². The number of fused-ring (bicyclic) bond motifs is 1. The molecule has 31 heavy (non-hydrogen) atoms. The van der Waals surface area contributed by atoms with Crippen molar-refractivity contribution in [3.8, 4) is 11.3 Å². The van der Waals surface area contributed by atoms with E-state index < -0.39 is 0 Å². The molecule has 0 saturated carbocycles. The Morgan fingerprint density at radius 3 is 2.77 bits per heavy atom. The molecule has 156 valence electrons. The first kappa shape index (κ1) is 19.4. The van der Waals surface area contributed by atoms with E-state index in [0.29, 0.717) is 41.6 Å². The van der Waals surface area contributed by atoms with Crippen LogP contribution in [0, 0.1) is 0 Å². The van der Waals surface area contributed by atoms with E-state index in [9.17, 15) is 9.59 Å². The van der Waals surface area contributed by atoms with E-state index in [2.05, 4.69) is 10.3 Å². The molecular formula is C23H21N5O2S. The summed E-state index contributed by atoms with van der Waals surface area (Å²) in [5, 5.41) is 6.59. The number of imidazole rings is 1. The number of likely N-dealkylation sites (tertiary alicyclic amines) is 1. The first-order chi connectivity index (χ1) is 15.2.